The van der Waals surface area contributed by atoms with E-state index in [2.05, 4.69) is 15.0 Å². The Morgan fingerprint density at radius 2 is 2.10 bits per heavy atom. The first-order valence-electron chi connectivity index (χ1n) is 5.64. The van der Waals surface area contributed by atoms with E-state index in [4.69, 9.17) is 10.5 Å². The molecule has 0 aliphatic carbocycles. The van der Waals surface area contributed by atoms with Gasteiger partial charge in [0, 0.05) is 18.9 Å². The van der Waals surface area contributed by atoms with E-state index in [1.54, 1.807) is 0 Å². The summed E-state index contributed by atoms with van der Waals surface area (Å²) in [5.74, 6) is 0.496. The number of hydrogen-bond acceptors (Lipinski definition) is 6. The van der Waals surface area contributed by atoms with Crippen LogP contribution in [0, 0.1) is 0 Å². The molecular formula is C11H11F3N4OS. The minimum Gasteiger partial charge on any atom is -0.384 e. The molecule has 2 heterocycles. The van der Waals surface area contributed by atoms with Crippen LogP contribution in [0.25, 0.3) is 10.6 Å². The van der Waals surface area contributed by atoms with Gasteiger partial charge >= 0.3 is 6.18 Å². The molecule has 2 aromatic heterocycles. The number of thiazole rings is 1. The first kappa shape index (κ1) is 14.7. The molecule has 0 unspecified atom stereocenters. The molecule has 0 bridgehead atoms. The summed E-state index contributed by atoms with van der Waals surface area (Å²) in [6, 6.07) is 1.41. The molecule has 2 N–H and O–H groups in total. The summed E-state index contributed by atoms with van der Waals surface area (Å²) in [4.78, 5) is 11.7. The van der Waals surface area contributed by atoms with Crippen LogP contribution >= 0.6 is 11.3 Å². The van der Waals surface area contributed by atoms with Crippen LogP contribution in [-0.4, -0.2) is 21.6 Å². The largest absolute Gasteiger partial charge is 0.443 e. The van der Waals surface area contributed by atoms with Crippen molar-refractivity contribution in [3.05, 3.63) is 23.1 Å². The second kappa shape index (κ2) is 5.71. The Kier molecular flexibility index (Phi) is 4.19. The van der Waals surface area contributed by atoms with Gasteiger partial charge in [0.25, 0.3) is 0 Å². The highest BCUT2D eigenvalue weighted by Gasteiger charge is 2.34. The third-order valence-corrected chi connectivity index (χ3v) is 3.29. The number of hydrogen-bond donors (Lipinski definition) is 1. The summed E-state index contributed by atoms with van der Waals surface area (Å²) in [6.45, 7) is 2.44. The van der Waals surface area contributed by atoms with Gasteiger partial charge in [0.1, 0.15) is 12.4 Å². The number of aromatic nitrogens is 3. The van der Waals surface area contributed by atoms with Crippen LogP contribution in [0.3, 0.4) is 0 Å². The number of ether oxygens (including phenoxy) is 1. The minimum absolute atomic E-state index is 0.152. The van der Waals surface area contributed by atoms with Gasteiger partial charge in [0.15, 0.2) is 10.8 Å². The van der Waals surface area contributed by atoms with E-state index < -0.39 is 11.2 Å². The van der Waals surface area contributed by atoms with E-state index in [1.165, 1.54) is 6.07 Å². The van der Waals surface area contributed by atoms with Gasteiger partial charge in [0.05, 0.1) is 10.6 Å². The zero-order valence-electron chi connectivity index (χ0n) is 10.4. The Balaban J connectivity index is 2.32. The van der Waals surface area contributed by atoms with Crippen LogP contribution in [0.15, 0.2) is 12.3 Å². The molecule has 20 heavy (non-hydrogen) atoms. The SMILES string of the molecule is CCOCc1nc(N)cc(-c2cnc(C(F)(F)F)s2)n1. The molecule has 0 aliphatic rings. The van der Waals surface area contributed by atoms with E-state index in [0.29, 0.717) is 29.5 Å². The maximum atomic E-state index is 12.5. The van der Waals surface area contributed by atoms with Crippen molar-refractivity contribution < 1.29 is 17.9 Å². The average molecular weight is 304 g/mol. The standard InChI is InChI=1S/C11H11F3N4OS/c1-2-19-5-9-17-6(3-8(15)18-9)7-4-16-10(20-7)11(12,13)14/h3-4H,2,5H2,1H3,(H2,15,17,18). The van der Waals surface area contributed by atoms with Crippen molar-refractivity contribution in [3.8, 4) is 10.6 Å². The number of halogens is 3. The molecule has 0 aliphatic heterocycles. The first-order chi connectivity index (χ1) is 9.40. The van der Waals surface area contributed by atoms with Crippen LogP contribution in [0.2, 0.25) is 0 Å². The number of alkyl halides is 3. The summed E-state index contributed by atoms with van der Waals surface area (Å²) in [6.07, 6.45) is -3.34. The summed E-state index contributed by atoms with van der Waals surface area (Å²) in [7, 11) is 0. The highest BCUT2D eigenvalue weighted by Crippen LogP contribution is 2.35. The molecule has 0 aromatic carbocycles. The highest BCUT2D eigenvalue weighted by molar-refractivity contribution is 7.15. The Morgan fingerprint density at radius 1 is 1.35 bits per heavy atom. The van der Waals surface area contributed by atoms with Crippen molar-refractivity contribution in [2.24, 2.45) is 0 Å². The lowest BCUT2D eigenvalue weighted by atomic mass is 10.3. The Morgan fingerprint density at radius 3 is 2.70 bits per heavy atom. The fourth-order valence-corrected chi connectivity index (χ4v) is 2.17. The fourth-order valence-electron chi connectivity index (χ4n) is 1.43. The number of anilines is 1. The van der Waals surface area contributed by atoms with E-state index in [1.807, 2.05) is 6.92 Å². The fraction of sp³-hybridized carbons (Fsp3) is 0.364. The maximum absolute atomic E-state index is 12.5. The minimum atomic E-state index is -4.46. The Labute approximate surface area is 116 Å². The molecule has 2 aromatic rings. The first-order valence-corrected chi connectivity index (χ1v) is 6.46. The van der Waals surface area contributed by atoms with Gasteiger partial charge in [-0.2, -0.15) is 13.2 Å². The van der Waals surface area contributed by atoms with Crippen molar-refractivity contribution in [2.45, 2.75) is 19.7 Å². The lowest BCUT2D eigenvalue weighted by molar-refractivity contribution is -0.137. The van der Waals surface area contributed by atoms with Crippen molar-refractivity contribution in [1.29, 1.82) is 0 Å². The Hall–Kier alpha value is -1.74. The third-order valence-electron chi connectivity index (χ3n) is 2.23. The Bertz CT molecular complexity index is 600. The van der Waals surface area contributed by atoms with Crippen molar-refractivity contribution in [3.63, 3.8) is 0 Å². The van der Waals surface area contributed by atoms with E-state index >= 15 is 0 Å². The number of nitrogens with two attached hydrogens (primary N) is 1. The second-order valence-corrected chi connectivity index (χ2v) is 4.79. The van der Waals surface area contributed by atoms with Crippen LogP contribution in [0.4, 0.5) is 19.0 Å². The molecule has 5 nitrogen and oxygen atoms in total. The van der Waals surface area contributed by atoms with Gasteiger partial charge in [-0.25, -0.2) is 15.0 Å². The summed E-state index contributed by atoms with van der Waals surface area (Å²) < 4.78 is 42.7. The van der Waals surface area contributed by atoms with Crippen LogP contribution < -0.4 is 5.73 Å². The monoisotopic (exact) mass is 304 g/mol. The van der Waals surface area contributed by atoms with Crippen LogP contribution in [0.5, 0.6) is 0 Å². The molecule has 2 rings (SSSR count). The van der Waals surface area contributed by atoms with Gasteiger partial charge in [0.2, 0.25) is 0 Å². The zero-order chi connectivity index (χ0) is 14.8. The molecule has 0 radical (unpaired) electrons. The molecule has 0 atom stereocenters. The maximum Gasteiger partial charge on any atom is 0.443 e. The average Bonchev–Trinajstić information content (AvgIpc) is 2.85. The van der Waals surface area contributed by atoms with Gasteiger partial charge in [-0.1, -0.05) is 0 Å². The highest BCUT2D eigenvalue weighted by atomic mass is 32.1. The van der Waals surface area contributed by atoms with Gasteiger partial charge in [-0.15, -0.1) is 11.3 Å². The van der Waals surface area contributed by atoms with Gasteiger partial charge in [-0.3, -0.25) is 0 Å². The predicted octanol–water partition coefficient (Wildman–Crippen LogP) is 2.74. The molecule has 9 heteroatoms. The van der Waals surface area contributed by atoms with Gasteiger partial charge in [-0.05, 0) is 6.92 Å². The van der Waals surface area contributed by atoms with Crippen molar-refractivity contribution in [2.75, 3.05) is 12.3 Å². The topological polar surface area (TPSA) is 73.9 Å². The molecule has 0 saturated heterocycles. The zero-order valence-corrected chi connectivity index (χ0v) is 11.3. The lowest BCUT2D eigenvalue weighted by Crippen LogP contribution is -2.03. The molecule has 0 fully saturated rings. The summed E-state index contributed by atoms with van der Waals surface area (Å²) in [5, 5.41) is -0.920. The third kappa shape index (κ3) is 3.42. The molecule has 0 spiro atoms. The number of rotatable bonds is 4. The number of nitrogens with zero attached hydrogens (tertiary/aromatic N) is 3. The van der Waals surface area contributed by atoms with E-state index in [9.17, 15) is 13.2 Å². The molecule has 0 amide bonds. The molecular weight excluding hydrogens is 293 g/mol. The van der Waals surface area contributed by atoms with Crippen molar-refractivity contribution >= 4 is 17.2 Å². The summed E-state index contributed by atoms with van der Waals surface area (Å²) in [5.41, 5.74) is 5.92. The van der Waals surface area contributed by atoms with Crippen LogP contribution in [0.1, 0.15) is 17.8 Å². The van der Waals surface area contributed by atoms with E-state index in [0.717, 1.165) is 6.20 Å². The quantitative estimate of drug-likeness (QED) is 0.940. The molecule has 108 valence electrons. The van der Waals surface area contributed by atoms with E-state index in [-0.39, 0.29) is 17.3 Å². The molecule has 0 saturated carbocycles. The van der Waals surface area contributed by atoms with Crippen LogP contribution in [-0.2, 0) is 17.5 Å². The second-order valence-electron chi connectivity index (χ2n) is 3.76. The number of nitrogen functional groups attached to an aromatic ring is 1. The normalized spacial score (nSPS) is 11.8. The predicted molar refractivity (Wildman–Crippen MR) is 67.9 cm³/mol. The van der Waals surface area contributed by atoms with Crippen molar-refractivity contribution in [1.82, 2.24) is 15.0 Å². The smallest absolute Gasteiger partial charge is 0.384 e. The van der Waals surface area contributed by atoms with Gasteiger partial charge < -0.3 is 10.5 Å². The summed E-state index contributed by atoms with van der Waals surface area (Å²) >= 11 is 0.511. The lowest BCUT2D eigenvalue weighted by Gasteiger charge is -2.04.